The lowest BCUT2D eigenvalue weighted by Crippen LogP contribution is -2.42. The number of likely N-dealkylation sites (tertiary alicyclic amines) is 2. The van der Waals surface area contributed by atoms with E-state index in [1.54, 1.807) is 13.0 Å². The molecule has 1 aromatic heterocycles. The van der Waals surface area contributed by atoms with E-state index in [0.29, 0.717) is 23.1 Å². The Morgan fingerprint density at radius 2 is 1.69 bits per heavy atom. The topological polar surface area (TPSA) is 91.6 Å². The minimum Gasteiger partial charge on any atom is -0.618 e. The van der Waals surface area contributed by atoms with Gasteiger partial charge in [0, 0.05) is 51.8 Å². The van der Waals surface area contributed by atoms with Crippen LogP contribution < -0.4 is 15.4 Å². The number of fused-ring (bicyclic) bond motifs is 1. The molecule has 3 atom stereocenters. The molecule has 0 radical (unpaired) electrons. The van der Waals surface area contributed by atoms with Crippen molar-refractivity contribution in [3.63, 3.8) is 0 Å². The zero-order chi connectivity index (χ0) is 25.1. The standard InChI is InChI=1S/C27H37N5O3/c1-18(2)28-27(34)29-24(21-8-6-5-7-9-21)11-12-30-14-22-16-31(17-23(22)15-30)26(33)25-19(3)10-13-32(35)20(25)4/h5-10,13,18,22-24H,11-12,14-17H2,1-4H3,(H2,28,29,34)/t22-,23?,24?/m0/s1. The van der Waals surface area contributed by atoms with Crippen molar-refractivity contribution < 1.29 is 14.3 Å². The van der Waals surface area contributed by atoms with Gasteiger partial charge in [0.25, 0.3) is 5.91 Å². The molecule has 2 fully saturated rings. The lowest BCUT2D eigenvalue weighted by Gasteiger charge is -2.25. The molecule has 3 amide bonds. The Hall–Kier alpha value is -3.13. The van der Waals surface area contributed by atoms with Crippen LogP contribution in [0.2, 0.25) is 0 Å². The molecule has 0 saturated carbocycles. The molecule has 0 aliphatic carbocycles. The van der Waals surface area contributed by atoms with Crippen LogP contribution in [-0.4, -0.2) is 60.5 Å². The predicted molar refractivity (Wildman–Crippen MR) is 135 cm³/mol. The Labute approximate surface area is 207 Å². The fourth-order valence-electron chi connectivity index (χ4n) is 5.47. The van der Waals surface area contributed by atoms with Crippen molar-refractivity contribution in [2.45, 2.75) is 46.2 Å². The predicted octanol–water partition coefficient (Wildman–Crippen LogP) is 2.78. The number of hydrogen-bond acceptors (Lipinski definition) is 4. The Kier molecular flexibility index (Phi) is 7.60. The van der Waals surface area contributed by atoms with Gasteiger partial charge in [-0.1, -0.05) is 30.3 Å². The van der Waals surface area contributed by atoms with Gasteiger partial charge in [0.2, 0.25) is 5.69 Å². The fourth-order valence-corrected chi connectivity index (χ4v) is 5.47. The Morgan fingerprint density at radius 3 is 2.31 bits per heavy atom. The van der Waals surface area contributed by atoms with Crippen molar-refractivity contribution in [2.24, 2.45) is 11.8 Å². The molecular weight excluding hydrogens is 442 g/mol. The van der Waals surface area contributed by atoms with Crippen LogP contribution in [0.3, 0.4) is 0 Å². The molecule has 188 valence electrons. The SMILES string of the molecule is Cc1cc[n+]([O-])c(C)c1C(=O)N1CC2CN(CCC(NC(=O)NC(C)C)c3ccccc3)C[C@H]2C1. The first-order valence-electron chi connectivity index (χ1n) is 12.6. The van der Waals surface area contributed by atoms with Gasteiger partial charge in [-0.3, -0.25) is 4.79 Å². The zero-order valence-electron chi connectivity index (χ0n) is 21.2. The molecule has 3 heterocycles. The van der Waals surface area contributed by atoms with E-state index in [9.17, 15) is 14.8 Å². The summed E-state index contributed by atoms with van der Waals surface area (Å²) in [4.78, 5) is 30.0. The number of aromatic nitrogens is 1. The van der Waals surface area contributed by atoms with E-state index in [1.807, 2.05) is 43.9 Å². The number of nitrogens with one attached hydrogen (secondary N) is 2. The third-order valence-electron chi connectivity index (χ3n) is 7.27. The smallest absolute Gasteiger partial charge is 0.315 e. The number of pyridine rings is 1. The molecule has 4 rings (SSSR count). The van der Waals surface area contributed by atoms with Crippen LogP contribution in [0.15, 0.2) is 42.6 Å². The van der Waals surface area contributed by atoms with Crippen molar-refractivity contribution in [1.29, 1.82) is 0 Å². The maximum Gasteiger partial charge on any atom is 0.315 e. The lowest BCUT2D eigenvalue weighted by molar-refractivity contribution is -0.612. The maximum atomic E-state index is 13.2. The van der Waals surface area contributed by atoms with Gasteiger partial charge in [-0.2, -0.15) is 4.73 Å². The minimum absolute atomic E-state index is 0.0318. The van der Waals surface area contributed by atoms with E-state index >= 15 is 0 Å². The first kappa shape index (κ1) is 25.0. The number of rotatable bonds is 7. The summed E-state index contributed by atoms with van der Waals surface area (Å²) in [6, 6.07) is 11.7. The summed E-state index contributed by atoms with van der Waals surface area (Å²) in [5, 5.41) is 18.1. The monoisotopic (exact) mass is 479 g/mol. The van der Waals surface area contributed by atoms with Crippen molar-refractivity contribution >= 4 is 11.9 Å². The third-order valence-corrected chi connectivity index (χ3v) is 7.27. The Balaban J connectivity index is 1.34. The lowest BCUT2D eigenvalue weighted by atomic mass is 10.0. The molecule has 0 spiro atoms. The normalized spacial score (nSPS) is 20.7. The molecule has 1 aromatic carbocycles. The highest BCUT2D eigenvalue weighted by molar-refractivity contribution is 5.96. The van der Waals surface area contributed by atoms with Gasteiger partial charge >= 0.3 is 6.03 Å². The van der Waals surface area contributed by atoms with Crippen LogP contribution in [0.4, 0.5) is 4.79 Å². The highest BCUT2D eigenvalue weighted by Crippen LogP contribution is 2.33. The second kappa shape index (κ2) is 10.6. The van der Waals surface area contributed by atoms with Crippen LogP contribution in [0.1, 0.15) is 53.5 Å². The molecule has 2 unspecified atom stereocenters. The average Bonchev–Trinajstić information content (AvgIpc) is 3.38. The van der Waals surface area contributed by atoms with Crippen molar-refractivity contribution in [3.05, 3.63) is 70.2 Å². The second-order valence-electron chi connectivity index (χ2n) is 10.3. The van der Waals surface area contributed by atoms with E-state index in [-0.39, 0.29) is 24.0 Å². The van der Waals surface area contributed by atoms with Crippen molar-refractivity contribution in [3.8, 4) is 0 Å². The number of benzene rings is 1. The van der Waals surface area contributed by atoms with E-state index in [0.717, 1.165) is 55.0 Å². The molecule has 2 saturated heterocycles. The summed E-state index contributed by atoms with van der Waals surface area (Å²) in [5.74, 6) is 0.848. The summed E-state index contributed by atoms with van der Waals surface area (Å²) in [5.41, 5.74) is 2.96. The molecule has 8 heteroatoms. The second-order valence-corrected chi connectivity index (χ2v) is 10.3. The van der Waals surface area contributed by atoms with Crippen LogP contribution in [0, 0.1) is 30.9 Å². The molecule has 0 bridgehead atoms. The van der Waals surface area contributed by atoms with Gasteiger partial charge in [-0.25, -0.2) is 4.79 Å². The number of nitrogens with zero attached hydrogens (tertiary/aromatic N) is 3. The highest BCUT2D eigenvalue weighted by atomic mass is 16.5. The van der Waals surface area contributed by atoms with Crippen LogP contribution in [0.25, 0.3) is 0 Å². The first-order chi connectivity index (χ1) is 16.7. The summed E-state index contributed by atoms with van der Waals surface area (Å²) in [6.45, 7) is 11.7. The van der Waals surface area contributed by atoms with Crippen molar-refractivity contribution in [2.75, 3.05) is 32.7 Å². The fraction of sp³-hybridized carbons (Fsp3) is 0.519. The quantitative estimate of drug-likeness (QED) is 0.472. The molecule has 35 heavy (non-hydrogen) atoms. The summed E-state index contributed by atoms with van der Waals surface area (Å²) in [6.07, 6.45) is 2.28. The van der Waals surface area contributed by atoms with E-state index < -0.39 is 0 Å². The molecule has 8 nitrogen and oxygen atoms in total. The Bertz CT molecular complexity index is 1040. The van der Waals surface area contributed by atoms with Gasteiger partial charge in [0.05, 0.1) is 6.04 Å². The molecule has 2 N–H and O–H groups in total. The number of hydrogen-bond donors (Lipinski definition) is 2. The van der Waals surface area contributed by atoms with Crippen LogP contribution >= 0.6 is 0 Å². The molecule has 2 aliphatic heterocycles. The molecule has 2 aromatic rings. The zero-order valence-corrected chi connectivity index (χ0v) is 21.2. The summed E-state index contributed by atoms with van der Waals surface area (Å²) < 4.78 is 0.775. The maximum absolute atomic E-state index is 13.2. The largest absolute Gasteiger partial charge is 0.618 e. The first-order valence-corrected chi connectivity index (χ1v) is 12.6. The number of urea groups is 1. The summed E-state index contributed by atoms with van der Waals surface area (Å²) in [7, 11) is 0. The highest BCUT2D eigenvalue weighted by Gasteiger charge is 2.42. The molecule has 2 aliphatic rings. The average molecular weight is 480 g/mol. The van der Waals surface area contributed by atoms with E-state index in [1.165, 1.54) is 6.20 Å². The van der Waals surface area contributed by atoms with Gasteiger partial charge in [-0.05, 0) is 50.2 Å². The van der Waals surface area contributed by atoms with Crippen molar-refractivity contribution in [1.82, 2.24) is 20.4 Å². The van der Waals surface area contributed by atoms with Gasteiger partial charge in [0.15, 0.2) is 6.20 Å². The minimum atomic E-state index is -0.146. The summed E-state index contributed by atoms with van der Waals surface area (Å²) >= 11 is 0. The van der Waals surface area contributed by atoms with E-state index in [2.05, 4.69) is 27.7 Å². The van der Waals surface area contributed by atoms with Gasteiger partial charge in [0.1, 0.15) is 5.56 Å². The van der Waals surface area contributed by atoms with Gasteiger partial charge in [-0.15, -0.1) is 0 Å². The number of amides is 3. The van der Waals surface area contributed by atoms with E-state index in [4.69, 9.17) is 0 Å². The Morgan fingerprint density at radius 1 is 1.03 bits per heavy atom. The number of carbonyl (C=O) groups is 2. The number of aryl methyl sites for hydroxylation is 1. The van der Waals surface area contributed by atoms with Gasteiger partial charge < -0.3 is 25.6 Å². The van der Waals surface area contributed by atoms with Crippen LogP contribution in [0.5, 0.6) is 0 Å². The van der Waals surface area contributed by atoms with Crippen LogP contribution in [-0.2, 0) is 0 Å². The third kappa shape index (κ3) is 5.75. The number of carbonyl (C=O) groups excluding carboxylic acids is 2. The molecular formula is C27H37N5O3.